The lowest BCUT2D eigenvalue weighted by Crippen LogP contribution is -2.13. The van der Waals surface area contributed by atoms with E-state index in [2.05, 4.69) is 0 Å². The minimum Gasteiger partial charge on any atom is -0.492 e. The molecule has 3 aromatic carbocycles. The van der Waals surface area contributed by atoms with E-state index in [-0.39, 0.29) is 22.7 Å². The van der Waals surface area contributed by atoms with E-state index in [1.807, 2.05) is 19.9 Å². The first-order chi connectivity index (χ1) is 17.4. The molecule has 0 unspecified atom stereocenters. The number of fused-ring (bicyclic) bond motifs is 1. The smallest absolute Gasteiger partial charge is 0.492 e. The van der Waals surface area contributed by atoms with Gasteiger partial charge in [-0.2, -0.15) is 0 Å². The molecule has 4 rings (SSSR count). The summed E-state index contributed by atoms with van der Waals surface area (Å²) in [5.41, 5.74) is 0.0236. The van der Waals surface area contributed by atoms with Gasteiger partial charge >= 0.3 is 6.16 Å². The van der Waals surface area contributed by atoms with Crippen molar-refractivity contribution in [3.8, 4) is 28.7 Å². The summed E-state index contributed by atoms with van der Waals surface area (Å²) < 4.78 is 33.1. The van der Waals surface area contributed by atoms with Crippen LogP contribution in [0.2, 0.25) is 0 Å². The van der Waals surface area contributed by atoms with E-state index in [9.17, 15) is 9.59 Å². The van der Waals surface area contributed by atoms with Gasteiger partial charge in [0.2, 0.25) is 5.75 Å². The number of carbonyl (C=O) groups excluding carboxylic acids is 1. The van der Waals surface area contributed by atoms with Gasteiger partial charge in [-0.3, -0.25) is 4.79 Å². The molecule has 4 aromatic rings. The summed E-state index contributed by atoms with van der Waals surface area (Å²) in [6.07, 6.45) is -0.970. The highest BCUT2D eigenvalue weighted by atomic mass is 32.2. The van der Waals surface area contributed by atoms with Crippen LogP contribution in [0.25, 0.3) is 11.0 Å². The molecule has 0 N–H and O–H groups in total. The molecule has 0 bridgehead atoms. The Kier molecular flexibility index (Phi) is 7.70. The number of ether oxygens (including phenoxy) is 5. The Morgan fingerprint density at radius 2 is 1.50 bits per heavy atom. The van der Waals surface area contributed by atoms with Crippen LogP contribution < -0.4 is 29.1 Å². The largest absolute Gasteiger partial charge is 0.519 e. The van der Waals surface area contributed by atoms with Gasteiger partial charge in [0.15, 0.2) is 22.0 Å². The Morgan fingerprint density at radius 1 is 0.861 bits per heavy atom. The van der Waals surface area contributed by atoms with E-state index in [4.69, 9.17) is 28.1 Å². The first-order valence-electron chi connectivity index (χ1n) is 11.0. The molecule has 0 aliphatic carbocycles. The molecular weight excluding hydrogens is 484 g/mol. The zero-order chi connectivity index (χ0) is 25.7. The average molecular weight is 509 g/mol. The summed E-state index contributed by atoms with van der Waals surface area (Å²) in [4.78, 5) is 25.7. The van der Waals surface area contributed by atoms with Gasteiger partial charge in [0, 0.05) is 17.0 Å². The fourth-order valence-electron chi connectivity index (χ4n) is 3.40. The summed E-state index contributed by atoms with van der Waals surface area (Å²) in [7, 11) is 2.94. The highest BCUT2D eigenvalue weighted by Gasteiger charge is 2.21. The van der Waals surface area contributed by atoms with Gasteiger partial charge in [-0.05, 0) is 50.2 Å². The van der Waals surface area contributed by atoms with Gasteiger partial charge < -0.3 is 28.1 Å². The van der Waals surface area contributed by atoms with Crippen molar-refractivity contribution in [1.29, 1.82) is 0 Å². The van der Waals surface area contributed by atoms with Crippen LogP contribution in [0.4, 0.5) is 4.79 Å². The van der Waals surface area contributed by atoms with Crippen molar-refractivity contribution in [2.45, 2.75) is 29.9 Å². The minimum atomic E-state index is -0.842. The topological polar surface area (TPSA) is 93.4 Å². The van der Waals surface area contributed by atoms with E-state index in [1.54, 1.807) is 54.6 Å². The second-order valence-corrected chi connectivity index (χ2v) is 8.83. The highest BCUT2D eigenvalue weighted by Crippen LogP contribution is 2.43. The molecule has 0 saturated carbocycles. The molecular formula is C27H24O8S. The lowest BCUT2D eigenvalue weighted by molar-refractivity contribution is 0.152. The summed E-state index contributed by atoms with van der Waals surface area (Å²) in [5.74, 6) is 1.68. The fourth-order valence-corrected chi connectivity index (χ4v) is 4.20. The average Bonchev–Trinajstić information content (AvgIpc) is 2.84. The number of carbonyl (C=O) groups is 1. The Balaban J connectivity index is 1.55. The van der Waals surface area contributed by atoms with Gasteiger partial charge in [0.1, 0.15) is 22.5 Å². The summed E-state index contributed by atoms with van der Waals surface area (Å²) in [6, 6.07) is 18.4. The molecule has 8 nitrogen and oxygen atoms in total. The zero-order valence-electron chi connectivity index (χ0n) is 20.1. The van der Waals surface area contributed by atoms with Crippen molar-refractivity contribution in [2.24, 2.45) is 0 Å². The second-order valence-electron chi connectivity index (χ2n) is 7.75. The quantitative estimate of drug-likeness (QED) is 0.200. The maximum absolute atomic E-state index is 13.0. The van der Waals surface area contributed by atoms with Gasteiger partial charge in [0.25, 0.3) is 0 Å². The molecule has 0 radical (unpaired) electrons. The van der Waals surface area contributed by atoms with Gasteiger partial charge in [-0.25, -0.2) is 4.79 Å². The highest BCUT2D eigenvalue weighted by molar-refractivity contribution is 7.99. The van der Waals surface area contributed by atoms with Crippen LogP contribution in [0.5, 0.6) is 28.7 Å². The molecule has 0 aliphatic heterocycles. The summed E-state index contributed by atoms with van der Waals surface area (Å²) in [6.45, 7) is 3.76. The number of para-hydroxylation sites is 1. The van der Waals surface area contributed by atoms with Crippen LogP contribution in [0.1, 0.15) is 13.8 Å². The Labute approximate surface area is 211 Å². The number of hydrogen-bond donors (Lipinski definition) is 0. The summed E-state index contributed by atoms with van der Waals surface area (Å²) >= 11 is 1.24. The third-order valence-electron chi connectivity index (χ3n) is 4.83. The maximum atomic E-state index is 13.0. The predicted octanol–water partition coefficient (Wildman–Crippen LogP) is 6.33. The van der Waals surface area contributed by atoms with Gasteiger partial charge in [-0.1, -0.05) is 30.0 Å². The van der Waals surface area contributed by atoms with Crippen molar-refractivity contribution in [1.82, 2.24) is 0 Å². The molecule has 0 amide bonds. The molecule has 36 heavy (non-hydrogen) atoms. The molecule has 9 heteroatoms. The third kappa shape index (κ3) is 5.75. The number of benzene rings is 3. The molecule has 0 spiro atoms. The van der Waals surface area contributed by atoms with Gasteiger partial charge in [-0.15, -0.1) is 0 Å². The fraction of sp³-hybridized carbons (Fsp3) is 0.185. The lowest BCUT2D eigenvalue weighted by atomic mass is 10.1. The van der Waals surface area contributed by atoms with Crippen molar-refractivity contribution < 1.29 is 32.9 Å². The molecule has 1 aromatic heterocycles. The number of rotatable bonds is 8. The van der Waals surface area contributed by atoms with Crippen molar-refractivity contribution in [2.75, 3.05) is 14.2 Å². The predicted molar refractivity (Wildman–Crippen MR) is 135 cm³/mol. The third-order valence-corrected chi connectivity index (χ3v) is 5.74. The molecule has 0 atom stereocenters. The standard InChI is InChI=1S/C27H24O8S/c1-16(2)32-22-15-21-24(26(31-4)25(22)30-3)20(28)14-23(35-21)36-19-12-10-18(11-13-19)34-27(29)33-17-8-6-5-7-9-17/h5-16H,1-4H3. The van der Waals surface area contributed by atoms with Gasteiger partial charge in [0.05, 0.1) is 20.3 Å². The van der Waals surface area contributed by atoms with E-state index < -0.39 is 6.16 Å². The van der Waals surface area contributed by atoms with Crippen LogP contribution in [0.3, 0.4) is 0 Å². The Hall–Kier alpha value is -4.11. The number of methoxy groups -OCH3 is 2. The number of hydrogen-bond acceptors (Lipinski definition) is 9. The first-order valence-corrected chi connectivity index (χ1v) is 11.8. The van der Waals surface area contributed by atoms with Crippen molar-refractivity contribution in [3.63, 3.8) is 0 Å². The summed E-state index contributed by atoms with van der Waals surface area (Å²) in [5, 5.41) is 0.628. The van der Waals surface area contributed by atoms with E-state index in [1.165, 1.54) is 32.0 Å². The molecule has 0 fully saturated rings. The van der Waals surface area contributed by atoms with Crippen LogP contribution in [0, 0.1) is 0 Å². The first kappa shape index (κ1) is 25.0. The molecule has 0 saturated heterocycles. The monoisotopic (exact) mass is 508 g/mol. The molecule has 1 heterocycles. The minimum absolute atomic E-state index is 0.129. The van der Waals surface area contributed by atoms with Crippen LogP contribution >= 0.6 is 11.8 Å². The van der Waals surface area contributed by atoms with Crippen LogP contribution in [0.15, 0.2) is 85.9 Å². The normalized spacial score (nSPS) is 10.8. The zero-order valence-corrected chi connectivity index (χ0v) is 20.9. The van der Waals surface area contributed by atoms with Crippen LogP contribution in [-0.2, 0) is 0 Å². The van der Waals surface area contributed by atoms with E-state index in [0.717, 1.165) is 4.90 Å². The van der Waals surface area contributed by atoms with Crippen molar-refractivity contribution in [3.05, 3.63) is 77.0 Å². The van der Waals surface area contributed by atoms with E-state index in [0.29, 0.717) is 33.7 Å². The molecule has 186 valence electrons. The van der Waals surface area contributed by atoms with E-state index >= 15 is 0 Å². The maximum Gasteiger partial charge on any atom is 0.519 e. The molecule has 0 aliphatic rings. The van der Waals surface area contributed by atoms with Crippen LogP contribution in [-0.4, -0.2) is 26.5 Å². The SMILES string of the molecule is COc1c(OC(C)C)cc2oc(Sc3ccc(OC(=O)Oc4ccccc4)cc3)cc(=O)c2c1OC. The Morgan fingerprint density at radius 3 is 2.11 bits per heavy atom. The second kappa shape index (κ2) is 11.1. The Bertz CT molecular complexity index is 1410. The van der Waals surface area contributed by atoms with Crippen molar-refractivity contribution >= 4 is 28.9 Å². The lowest BCUT2D eigenvalue weighted by Gasteiger charge is -2.17.